The van der Waals surface area contributed by atoms with E-state index in [1.54, 1.807) is 12.1 Å². The number of rotatable bonds is 1. The van der Waals surface area contributed by atoms with Gasteiger partial charge in [0.15, 0.2) is 0 Å². The van der Waals surface area contributed by atoms with E-state index in [0.717, 1.165) is 22.0 Å². The number of para-hydroxylation sites is 2. The van der Waals surface area contributed by atoms with Crippen molar-refractivity contribution in [1.29, 1.82) is 0 Å². The number of carbonyl (C=O) groups excluding carboxylic acids is 1. The summed E-state index contributed by atoms with van der Waals surface area (Å²) in [6.45, 7) is 0. The van der Waals surface area contributed by atoms with E-state index in [2.05, 4.69) is 4.98 Å². The van der Waals surface area contributed by atoms with E-state index in [9.17, 15) is 10.0 Å². The maximum absolute atomic E-state index is 12.2. The summed E-state index contributed by atoms with van der Waals surface area (Å²) in [4.78, 5) is 15.4. The highest BCUT2D eigenvalue weighted by Gasteiger charge is 2.31. The van der Waals surface area contributed by atoms with Crippen LogP contribution in [0.4, 0.5) is 5.69 Å². The molecular formula is C17H12N2O2. The second-order valence-electron chi connectivity index (χ2n) is 4.98. The van der Waals surface area contributed by atoms with E-state index in [0.29, 0.717) is 16.3 Å². The molecule has 1 amide bonds. The minimum Gasteiger partial charge on any atom is -0.361 e. The van der Waals surface area contributed by atoms with Gasteiger partial charge in [0.2, 0.25) is 0 Å². The zero-order chi connectivity index (χ0) is 14.4. The van der Waals surface area contributed by atoms with Crippen LogP contribution in [0.15, 0.2) is 54.7 Å². The SMILES string of the molecule is O=C1/C(=C/c2c[nH]c3ccccc23)c2ccccc2N1O. The molecule has 0 fully saturated rings. The average molecular weight is 276 g/mol. The molecule has 0 saturated carbocycles. The lowest BCUT2D eigenvalue weighted by Gasteiger charge is -2.05. The van der Waals surface area contributed by atoms with Crippen molar-refractivity contribution in [2.24, 2.45) is 0 Å². The highest BCUT2D eigenvalue weighted by Crippen LogP contribution is 2.37. The molecule has 4 heteroatoms. The minimum atomic E-state index is -0.401. The summed E-state index contributed by atoms with van der Waals surface area (Å²) in [5.74, 6) is -0.401. The molecule has 0 radical (unpaired) electrons. The Balaban J connectivity index is 1.92. The fourth-order valence-electron chi connectivity index (χ4n) is 2.73. The van der Waals surface area contributed by atoms with Gasteiger partial charge in [-0.25, -0.2) is 0 Å². The van der Waals surface area contributed by atoms with Gasteiger partial charge in [0.05, 0.1) is 11.3 Å². The molecule has 21 heavy (non-hydrogen) atoms. The number of aromatic amines is 1. The lowest BCUT2D eigenvalue weighted by molar-refractivity contribution is -0.117. The van der Waals surface area contributed by atoms with Crippen molar-refractivity contribution < 1.29 is 10.0 Å². The predicted octanol–water partition coefficient (Wildman–Crippen LogP) is 3.44. The maximum Gasteiger partial charge on any atom is 0.282 e. The molecule has 3 aromatic rings. The molecule has 0 bridgehead atoms. The van der Waals surface area contributed by atoms with E-state index in [1.165, 1.54) is 0 Å². The number of amides is 1. The number of H-pyrrole nitrogens is 1. The Labute approximate surface area is 120 Å². The van der Waals surface area contributed by atoms with E-state index in [1.807, 2.05) is 48.7 Å². The van der Waals surface area contributed by atoms with Crippen LogP contribution in [-0.2, 0) is 4.79 Å². The first-order valence-corrected chi connectivity index (χ1v) is 6.66. The Morgan fingerprint density at radius 2 is 1.81 bits per heavy atom. The Hall–Kier alpha value is -2.85. The van der Waals surface area contributed by atoms with Gasteiger partial charge in [-0.2, -0.15) is 5.06 Å². The van der Waals surface area contributed by atoms with Gasteiger partial charge in [0.25, 0.3) is 5.91 Å². The van der Waals surface area contributed by atoms with Crippen LogP contribution in [0, 0.1) is 0 Å². The third-order valence-electron chi connectivity index (χ3n) is 3.77. The first-order chi connectivity index (χ1) is 10.3. The molecule has 2 heterocycles. The fourth-order valence-corrected chi connectivity index (χ4v) is 2.73. The van der Waals surface area contributed by atoms with E-state index < -0.39 is 5.91 Å². The monoisotopic (exact) mass is 276 g/mol. The Bertz CT molecular complexity index is 892. The number of benzene rings is 2. The highest BCUT2D eigenvalue weighted by atomic mass is 16.5. The molecule has 4 nitrogen and oxygen atoms in total. The average Bonchev–Trinajstić information content (AvgIpc) is 3.04. The van der Waals surface area contributed by atoms with Crippen molar-refractivity contribution in [3.63, 3.8) is 0 Å². The summed E-state index contributed by atoms with van der Waals surface area (Å²) in [5.41, 5.74) is 3.71. The normalized spacial score (nSPS) is 16.0. The second kappa shape index (κ2) is 4.33. The van der Waals surface area contributed by atoms with E-state index in [4.69, 9.17) is 0 Å². The Morgan fingerprint density at radius 3 is 2.71 bits per heavy atom. The number of nitrogens with zero attached hydrogens (tertiary/aromatic N) is 1. The molecular weight excluding hydrogens is 264 g/mol. The molecule has 0 spiro atoms. The molecule has 1 aliphatic heterocycles. The van der Waals surface area contributed by atoms with Crippen molar-refractivity contribution in [3.05, 3.63) is 65.9 Å². The highest BCUT2D eigenvalue weighted by molar-refractivity contribution is 6.35. The minimum absolute atomic E-state index is 0.401. The van der Waals surface area contributed by atoms with Crippen LogP contribution < -0.4 is 5.06 Å². The third-order valence-corrected chi connectivity index (χ3v) is 3.77. The van der Waals surface area contributed by atoms with Crippen molar-refractivity contribution in [1.82, 2.24) is 4.98 Å². The second-order valence-corrected chi connectivity index (χ2v) is 4.98. The van der Waals surface area contributed by atoms with Crippen LogP contribution in [0.2, 0.25) is 0 Å². The van der Waals surface area contributed by atoms with Gasteiger partial charge in [0, 0.05) is 28.2 Å². The molecule has 1 aromatic heterocycles. The first-order valence-electron chi connectivity index (χ1n) is 6.66. The summed E-state index contributed by atoms with van der Waals surface area (Å²) < 4.78 is 0. The number of aromatic nitrogens is 1. The lowest BCUT2D eigenvalue weighted by Crippen LogP contribution is -2.21. The van der Waals surface area contributed by atoms with Crippen molar-refractivity contribution >= 4 is 34.1 Å². The molecule has 1 aliphatic rings. The predicted molar refractivity (Wildman–Crippen MR) is 81.9 cm³/mol. The topological polar surface area (TPSA) is 56.3 Å². The quantitative estimate of drug-likeness (QED) is 0.528. The summed E-state index contributed by atoms with van der Waals surface area (Å²) in [6, 6.07) is 15.1. The van der Waals surface area contributed by atoms with E-state index >= 15 is 0 Å². The molecule has 0 aliphatic carbocycles. The van der Waals surface area contributed by atoms with Gasteiger partial charge in [-0.3, -0.25) is 10.0 Å². The van der Waals surface area contributed by atoms with Crippen LogP contribution >= 0.6 is 0 Å². The Morgan fingerprint density at radius 1 is 1.05 bits per heavy atom. The molecule has 2 N–H and O–H groups in total. The van der Waals surface area contributed by atoms with Gasteiger partial charge < -0.3 is 4.98 Å². The number of anilines is 1. The standard InChI is InChI=1S/C17H12N2O2/c20-17-14(13-6-2-4-8-16(13)19(17)21)9-11-10-18-15-7-3-1-5-12(11)15/h1-10,18,21H/b14-9+. The molecule has 4 rings (SSSR count). The maximum atomic E-state index is 12.2. The summed E-state index contributed by atoms with van der Waals surface area (Å²) in [7, 11) is 0. The van der Waals surface area contributed by atoms with Gasteiger partial charge in [-0.1, -0.05) is 36.4 Å². The van der Waals surface area contributed by atoms with Crippen LogP contribution in [0.5, 0.6) is 0 Å². The number of hydroxylamine groups is 1. The number of hydrogen-bond acceptors (Lipinski definition) is 2. The van der Waals surface area contributed by atoms with Crippen molar-refractivity contribution in [3.8, 4) is 0 Å². The van der Waals surface area contributed by atoms with Gasteiger partial charge in [-0.05, 0) is 18.2 Å². The number of carbonyl (C=O) groups is 1. The third kappa shape index (κ3) is 1.70. The zero-order valence-electron chi connectivity index (χ0n) is 11.1. The number of nitrogens with one attached hydrogen (secondary N) is 1. The lowest BCUT2D eigenvalue weighted by atomic mass is 10.0. The largest absolute Gasteiger partial charge is 0.361 e. The number of fused-ring (bicyclic) bond motifs is 2. The fraction of sp³-hybridized carbons (Fsp3) is 0. The van der Waals surface area contributed by atoms with Gasteiger partial charge >= 0.3 is 0 Å². The summed E-state index contributed by atoms with van der Waals surface area (Å²) in [5, 5.41) is 11.6. The summed E-state index contributed by atoms with van der Waals surface area (Å²) >= 11 is 0. The van der Waals surface area contributed by atoms with Crippen LogP contribution in [0.1, 0.15) is 11.1 Å². The van der Waals surface area contributed by atoms with Crippen LogP contribution in [0.25, 0.3) is 22.6 Å². The van der Waals surface area contributed by atoms with Crippen molar-refractivity contribution in [2.45, 2.75) is 0 Å². The molecule has 0 saturated heterocycles. The van der Waals surface area contributed by atoms with Gasteiger partial charge in [0.1, 0.15) is 0 Å². The van der Waals surface area contributed by atoms with Crippen molar-refractivity contribution in [2.75, 3.05) is 5.06 Å². The van der Waals surface area contributed by atoms with Crippen LogP contribution in [0.3, 0.4) is 0 Å². The van der Waals surface area contributed by atoms with E-state index in [-0.39, 0.29) is 0 Å². The Kier molecular flexibility index (Phi) is 2.46. The smallest absolute Gasteiger partial charge is 0.282 e. The molecule has 2 aromatic carbocycles. The summed E-state index contributed by atoms with van der Waals surface area (Å²) in [6.07, 6.45) is 3.68. The number of hydrogen-bond donors (Lipinski definition) is 2. The van der Waals surface area contributed by atoms with Gasteiger partial charge in [-0.15, -0.1) is 0 Å². The zero-order valence-corrected chi connectivity index (χ0v) is 11.1. The molecule has 0 unspecified atom stereocenters. The first kappa shape index (κ1) is 11.9. The molecule has 0 atom stereocenters. The molecule has 102 valence electrons. The van der Waals surface area contributed by atoms with Crippen LogP contribution in [-0.4, -0.2) is 16.1 Å².